The maximum atomic E-state index is 13.6. The Morgan fingerprint density at radius 2 is 0.977 bits per heavy atom. The van der Waals surface area contributed by atoms with E-state index in [9.17, 15) is 36.9 Å². The van der Waals surface area contributed by atoms with Gasteiger partial charge in [0.15, 0.2) is 0 Å². The van der Waals surface area contributed by atoms with Crippen LogP contribution in [0.15, 0.2) is 84.2 Å². The third-order valence-electron chi connectivity index (χ3n) is 7.59. The van der Waals surface area contributed by atoms with Gasteiger partial charge in [-0.3, -0.25) is 0 Å². The minimum Gasteiger partial charge on any atom is -0.226 e. The van der Waals surface area contributed by atoms with E-state index >= 15 is 0 Å². The fraction of sp³-hybridized carbons (Fsp3) is 0.0588. The van der Waals surface area contributed by atoms with Crippen LogP contribution < -0.4 is 0 Å². The summed E-state index contributed by atoms with van der Waals surface area (Å²) in [5.74, 6) is 0. The molecule has 0 unspecified atom stereocenters. The molecule has 4 nitrogen and oxygen atoms in total. The molecular formula is C34H12F6N4. The number of rotatable bonds is 1. The van der Waals surface area contributed by atoms with Crippen LogP contribution in [0.25, 0.3) is 54.2 Å². The van der Waals surface area contributed by atoms with E-state index in [1.165, 1.54) is 18.2 Å². The summed E-state index contributed by atoms with van der Waals surface area (Å²) in [4.78, 5) is 6.77. The van der Waals surface area contributed by atoms with Crippen molar-refractivity contribution in [2.24, 2.45) is 0 Å². The summed E-state index contributed by atoms with van der Waals surface area (Å²) >= 11 is 0. The predicted molar refractivity (Wildman–Crippen MR) is 149 cm³/mol. The zero-order chi connectivity index (χ0) is 31.6. The van der Waals surface area contributed by atoms with Gasteiger partial charge in [-0.05, 0) is 92.0 Å². The summed E-state index contributed by atoms with van der Waals surface area (Å²) in [5, 5.41) is 19.6. The molecule has 0 radical (unpaired) electrons. The highest BCUT2D eigenvalue weighted by molar-refractivity contribution is 6.11. The number of nitrogens with zero attached hydrogens (tertiary/aromatic N) is 4. The van der Waals surface area contributed by atoms with Crippen LogP contribution in [-0.2, 0) is 12.4 Å². The molecule has 0 heterocycles. The lowest BCUT2D eigenvalue weighted by Crippen LogP contribution is -2.11. The Morgan fingerprint density at radius 3 is 1.45 bits per heavy atom. The first-order valence-electron chi connectivity index (χ1n) is 12.7. The quantitative estimate of drug-likeness (QED) is 0.109. The average Bonchev–Trinajstić information content (AvgIpc) is 3.48. The SMILES string of the molecule is [C-]#[N+]C(C#N)=C1c2ccccc2-c2cc3c(cc21)-c1ccc(-c2cc(C(F)(F)F)cc(C(F)(F)F)c2)cc1C3=C(C#N)[N+]#[C-]. The van der Waals surface area contributed by atoms with Crippen LogP contribution in [-0.4, -0.2) is 0 Å². The molecule has 2 aliphatic carbocycles. The Bertz CT molecular complexity index is 2130. The van der Waals surface area contributed by atoms with Gasteiger partial charge in [0.05, 0.1) is 36.4 Å². The Kier molecular flexibility index (Phi) is 6.20. The molecular weight excluding hydrogens is 578 g/mol. The summed E-state index contributed by atoms with van der Waals surface area (Å²) in [6.07, 6.45) is -10.1. The molecule has 0 atom stereocenters. The molecule has 210 valence electrons. The molecule has 4 aromatic rings. The van der Waals surface area contributed by atoms with Gasteiger partial charge in [-0.2, -0.15) is 26.3 Å². The average molecular weight is 590 g/mol. The van der Waals surface area contributed by atoms with Crippen LogP contribution in [0.3, 0.4) is 0 Å². The second kappa shape index (κ2) is 9.73. The normalized spacial score (nSPS) is 15.0. The zero-order valence-electron chi connectivity index (χ0n) is 22.0. The first-order valence-corrected chi connectivity index (χ1v) is 12.7. The molecule has 2 aliphatic rings. The number of benzene rings is 4. The van der Waals surface area contributed by atoms with Gasteiger partial charge in [-0.25, -0.2) is 20.2 Å². The molecule has 0 bridgehead atoms. The van der Waals surface area contributed by atoms with E-state index in [-0.39, 0.29) is 39.7 Å². The molecule has 6 rings (SSSR count). The lowest BCUT2D eigenvalue weighted by molar-refractivity contribution is -0.143. The van der Waals surface area contributed by atoms with Gasteiger partial charge in [-0.1, -0.05) is 36.4 Å². The highest BCUT2D eigenvalue weighted by atomic mass is 19.4. The van der Waals surface area contributed by atoms with E-state index < -0.39 is 23.5 Å². The third kappa shape index (κ3) is 4.21. The minimum atomic E-state index is -5.04. The van der Waals surface area contributed by atoms with Crippen LogP contribution >= 0.6 is 0 Å². The fourth-order valence-corrected chi connectivity index (χ4v) is 5.76. The van der Waals surface area contributed by atoms with Gasteiger partial charge in [0.25, 0.3) is 11.4 Å². The van der Waals surface area contributed by atoms with Gasteiger partial charge >= 0.3 is 12.4 Å². The van der Waals surface area contributed by atoms with Crippen LogP contribution in [0.2, 0.25) is 0 Å². The topological polar surface area (TPSA) is 56.3 Å². The Morgan fingerprint density at radius 1 is 0.523 bits per heavy atom. The van der Waals surface area contributed by atoms with Gasteiger partial charge in [0.2, 0.25) is 0 Å². The van der Waals surface area contributed by atoms with E-state index in [1.807, 2.05) is 18.2 Å². The van der Waals surface area contributed by atoms with Crippen molar-refractivity contribution in [2.75, 3.05) is 0 Å². The van der Waals surface area contributed by atoms with E-state index in [1.54, 1.807) is 30.3 Å². The van der Waals surface area contributed by atoms with Crippen molar-refractivity contribution in [1.29, 1.82) is 10.5 Å². The van der Waals surface area contributed by atoms with Crippen molar-refractivity contribution < 1.29 is 26.3 Å². The molecule has 0 saturated heterocycles. The summed E-state index contributed by atoms with van der Waals surface area (Å²) < 4.78 is 81.5. The second-order valence-corrected chi connectivity index (χ2v) is 9.94. The number of allylic oxidation sites excluding steroid dienone is 2. The Hall–Kier alpha value is -6.10. The predicted octanol–water partition coefficient (Wildman–Crippen LogP) is 9.76. The summed E-state index contributed by atoms with van der Waals surface area (Å²) in [5.41, 5.74) is 1.24. The molecule has 0 N–H and O–H groups in total. The van der Waals surface area contributed by atoms with E-state index in [2.05, 4.69) is 9.69 Å². The highest BCUT2D eigenvalue weighted by Gasteiger charge is 2.38. The number of hydrogen-bond acceptors (Lipinski definition) is 2. The molecule has 0 amide bonds. The lowest BCUT2D eigenvalue weighted by Gasteiger charge is -2.15. The highest BCUT2D eigenvalue weighted by Crippen LogP contribution is 2.54. The van der Waals surface area contributed by atoms with E-state index in [4.69, 9.17) is 13.1 Å². The Labute approximate surface area is 246 Å². The first kappa shape index (κ1) is 28.0. The van der Waals surface area contributed by atoms with Crippen LogP contribution in [0.1, 0.15) is 33.4 Å². The number of fused-ring (bicyclic) bond motifs is 6. The van der Waals surface area contributed by atoms with E-state index in [0.717, 1.165) is 5.56 Å². The van der Waals surface area contributed by atoms with Crippen molar-refractivity contribution in [3.05, 3.63) is 140 Å². The molecule has 0 saturated carbocycles. The molecule has 0 spiro atoms. The lowest BCUT2D eigenvalue weighted by atomic mass is 9.94. The number of nitriles is 2. The van der Waals surface area contributed by atoms with E-state index in [0.29, 0.717) is 51.1 Å². The number of halogens is 6. The molecule has 0 aliphatic heterocycles. The molecule has 0 aromatic heterocycles. The van der Waals surface area contributed by atoms with Crippen molar-refractivity contribution >= 4 is 11.1 Å². The second-order valence-electron chi connectivity index (χ2n) is 9.94. The Balaban J connectivity index is 1.64. The van der Waals surface area contributed by atoms with Crippen LogP contribution in [0.4, 0.5) is 26.3 Å². The third-order valence-corrected chi connectivity index (χ3v) is 7.59. The largest absolute Gasteiger partial charge is 0.416 e. The number of hydrogen-bond donors (Lipinski definition) is 0. The summed E-state index contributed by atoms with van der Waals surface area (Å²) in [6, 6.07) is 20.0. The first-order chi connectivity index (χ1) is 20.9. The maximum Gasteiger partial charge on any atom is 0.416 e. The van der Waals surface area contributed by atoms with Gasteiger partial charge in [-0.15, -0.1) is 0 Å². The smallest absolute Gasteiger partial charge is 0.226 e. The van der Waals surface area contributed by atoms with Gasteiger partial charge < -0.3 is 0 Å². The van der Waals surface area contributed by atoms with Crippen molar-refractivity contribution in [1.82, 2.24) is 0 Å². The van der Waals surface area contributed by atoms with Crippen LogP contribution in [0, 0.1) is 35.8 Å². The van der Waals surface area contributed by atoms with Crippen molar-refractivity contribution in [2.45, 2.75) is 12.4 Å². The monoisotopic (exact) mass is 590 g/mol. The number of alkyl halides is 6. The summed E-state index contributed by atoms with van der Waals surface area (Å²) in [6.45, 7) is 15.2. The van der Waals surface area contributed by atoms with Gasteiger partial charge in [0, 0.05) is 11.1 Å². The molecule has 44 heavy (non-hydrogen) atoms. The fourth-order valence-electron chi connectivity index (χ4n) is 5.76. The van der Waals surface area contributed by atoms with Crippen LogP contribution in [0.5, 0.6) is 0 Å². The minimum absolute atomic E-state index is 0.0196. The molecule has 0 fully saturated rings. The zero-order valence-corrected chi connectivity index (χ0v) is 22.0. The van der Waals surface area contributed by atoms with Gasteiger partial charge in [0.1, 0.15) is 0 Å². The maximum absolute atomic E-state index is 13.6. The molecule has 4 aromatic carbocycles. The van der Waals surface area contributed by atoms with Crippen molar-refractivity contribution in [3.8, 4) is 45.5 Å². The standard InChI is InChI=1S/C34H12F6N4/c1-43-29(15-41)31-23-6-4-3-5-21(23)24-13-28-25(14-27(24)31)22-8-7-17(11-26(22)32(28)30(16-42)44-2)18-9-19(33(35,36)37)12-20(10-18)34(38,39)40/h3-14H. The molecule has 10 heteroatoms. The van der Waals surface area contributed by atoms with Crippen molar-refractivity contribution in [3.63, 3.8) is 0 Å². The summed E-state index contributed by atoms with van der Waals surface area (Å²) in [7, 11) is 0.